The highest BCUT2D eigenvalue weighted by atomic mass is 16.5. The number of benzene rings is 1. The highest BCUT2D eigenvalue weighted by Crippen LogP contribution is 2.26. The van der Waals surface area contributed by atoms with Crippen molar-refractivity contribution in [2.24, 2.45) is 0 Å². The first-order valence-corrected chi connectivity index (χ1v) is 8.45. The Hall–Kier alpha value is -2.37. The summed E-state index contributed by atoms with van der Waals surface area (Å²) in [6.07, 6.45) is 5.35. The highest BCUT2D eigenvalue weighted by Gasteiger charge is 2.22. The van der Waals surface area contributed by atoms with Crippen LogP contribution in [0.3, 0.4) is 0 Å². The molecule has 0 unspecified atom stereocenters. The van der Waals surface area contributed by atoms with E-state index in [2.05, 4.69) is 17.0 Å². The Morgan fingerprint density at radius 2 is 2.04 bits per heavy atom. The van der Waals surface area contributed by atoms with Crippen LogP contribution in [0.5, 0.6) is 5.75 Å². The van der Waals surface area contributed by atoms with Gasteiger partial charge in [-0.1, -0.05) is 19.1 Å². The van der Waals surface area contributed by atoms with E-state index in [-0.39, 0.29) is 11.9 Å². The monoisotopic (exact) mass is 330 g/mol. The number of hydrogen-bond acceptors (Lipinski definition) is 4. The van der Waals surface area contributed by atoms with E-state index < -0.39 is 0 Å². The molecule has 0 spiro atoms. The Kier molecular flexibility index (Phi) is 6.78. The predicted octanol–water partition coefficient (Wildman–Crippen LogP) is 3.07. The molecule has 6 nitrogen and oxygen atoms in total. The van der Waals surface area contributed by atoms with Gasteiger partial charge in [-0.05, 0) is 37.5 Å². The van der Waals surface area contributed by atoms with Crippen LogP contribution in [0.15, 0.2) is 36.9 Å². The van der Waals surface area contributed by atoms with Gasteiger partial charge in [0.05, 0.1) is 13.2 Å². The normalized spacial score (nSPS) is 12.0. The molecule has 2 rings (SSSR count). The van der Waals surface area contributed by atoms with Gasteiger partial charge in [-0.25, -0.2) is 4.98 Å². The fourth-order valence-electron chi connectivity index (χ4n) is 2.92. The van der Waals surface area contributed by atoms with Crippen molar-refractivity contribution >= 4 is 5.91 Å². The van der Waals surface area contributed by atoms with Gasteiger partial charge < -0.3 is 9.64 Å². The van der Waals surface area contributed by atoms with Crippen molar-refractivity contribution in [3.63, 3.8) is 0 Å². The number of methoxy groups -OCH3 is 1. The summed E-state index contributed by atoms with van der Waals surface area (Å²) < 4.78 is 6.97. The zero-order valence-corrected chi connectivity index (χ0v) is 14.7. The van der Waals surface area contributed by atoms with Gasteiger partial charge in [0.15, 0.2) is 0 Å². The van der Waals surface area contributed by atoms with Crippen LogP contribution in [0.25, 0.3) is 0 Å². The molecule has 1 aromatic carbocycles. The third-order valence-electron chi connectivity index (χ3n) is 4.17. The molecule has 0 fully saturated rings. The molecule has 0 N–H and O–H groups in total. The van der Waals surface area contributed by atoms with Gasteiger partial charge in [0.1, 0.15) is 18.4 Å². The van der Waals surface area contributed by atoms with Crippen molar-refractivity contribution in [3.05, 3.63) is 42.5 Å². The number of aryl methyl sites for hydroxylation is 1. The molecular weight excluding hydrogens is 304 g/mol. The lowest BCUT2D eigenvalue weighted by Crippen LogP contribution is -2.34. The quantitative estimate of drug-likeness (QED) is 0.709. The van der Waals surface area contributed by atoms with Crippen molar-refractivity contribution in [1.29, 1.82) is 0 Å². The van der Waals surface area contributed by atoms with Gasteiger partial charge in [-0.15, -0.1) is 0 Å². The molecule has 6 heteroatoms. The molecule has 0 radical (unpaired) electrons. The van der Waals surface area contributed by atoms with E-state index >= 15 is 0 Å². The molecule has 0 aliphatic rings. The number of carbonyl (C=O) groups excluding carboxylic acids is 1. The van der Waals surface area contributed by atoms with Crippen LogP contribution in [0.1, 0.15) is 44.7 Å². The maximum Gasteiger partial charge on any atom is 0.223 e. The Morgan fingerprint density at radius 1 is 1.29 bits per heavy atom. The number of amides is 1. The van der Waals surface area contributed by atoms with E-state index in [0.29, 0.717) is 19.5 Å². The van der Waals surface area contributed by atoms with E-state index in [4.69, 9.17) is 4.74 Å². The number of carbonyl (C=O) groups is 1. The fourth-order valence-corrected chi connectivity index (χ4v) is 2.92. The average molecular weight is 330 g/mol. The van der Waals surface area contributed by atoms with Crippen molar-refractivity contribution in [2.75, 3.05) is 13.7 Å². The summed E-state index contributed by atoms with van der Waals surface area (Å²) in [6, 6.07) is 8.07. The van der Waals surface area contributed by atoms with Crippen LogP contribution < -0.4 is 4.74 Å². The number of ether oxygens (including phenoxy) is 1. The van der Waals surface area contributed by atoms with Crippen LogP contribution in [-0.2, 0) is 11.3 Å². The Balaban J connectivity index is 1.98. The summed E-state index contributed by atoms with van der Waals surface area (Å²) in [7, 11) is 1.66. The molecule has 1 aromatic heterocycles. The lowest BCUT2D eigenvalue weighted by molar-refractivity contribution is -0.133. The summed E-state index contributed by atoms with van der Waals surface area (Å²) in [6.45, 7) is 5.55. The average Bonchev–Trinajstić information content (AvgIpc) is 3.13. The number of aromatic nitrogens is 3. The molecule has 1 heterocycles. The topological polar surface area (TPSA) is 60.2 Å². The van der Waals surface area contributed by atoms with E-state index in [0.717, 1.165) is 24.2 Å². The second-order valence-corrected chi connectivity index (χ2v) is 5.64. The summed E-state index contributed by atoms with van der Waals surface area (Å²) in [5, 5.41) is 4.06. The molecular formula is C18H26N4O2. The molecule has 1 atom stereocenters. The molecule has 0 aliphatic heterocycles. The molecule has 2 aromatic rings. The molecule has 0 saturated carbocycles. The van der Waals surface area contributed by atoms with Crippen LogP contribution in [-0.4, -0.2) is 39.2 Å². The van der Waals surface area contributed by atoms with Crippen LogP contribution in [0, 0.1) is 0 Å². The lowest BCUT2D eigenvalue weighted by Gasteiger charge is -2.31. The second-order valence-electron chi connectivity index (χ2n) is 5.64. The maximum atomic E-state index is 12.7. The Morgan fingerprint density at radius 3 is 2.58 bits per heavy atom. The largest absolute Gasteiger partial charge is 0.497 e. The van der Waals surface area contributed by atoms with Crippen molar-refractivity contribution in [2.45, 2.75) is 45.7 Å². The van der Waals surface area contributed by atoms with Crippen molar-refractivity contribution < 1.29 is 9.53 Å². The zero-order valence-electron chi connectivity index (χ0n) is 14.7. The summed E-state index contributed by atoms with van der Waals surface area (Å²) in [4.78, 5) is 18.5. The highest BCUT2D eigenvalue weighted by molar-refractivity contribution is 5.76. The van der Waals surface area contributed by atoms with Crippen LogP contribution in [0.4, 0.5) is 0 Å². The minimum Gasteiger partial charge on any atom is -0.497 e. The van der Waals surface area contributed by atoms with Crippen LogP contribution >= 0.6 is 0 Å². The summed E-state index contributed by atoms with van der Waals surface area (Å²) in [5.41, 5.74) is 1.14. The first kappa shape index (κ1) is 18.0. The minimum absolute atomic E-state index is 0.0970. The lowest BCUT2D eigenvalue weighted by atomic mass is 10.0. The molecule has 0 aliphatic carbocycles. The third-order valence-corrected chi connectivity index (χ3v) is 4.17. The molecule has 130 valence electrons. The van der Waals surface area contributed by atoms with Crippen molar-refractivity contribution in [3.8, 4) is 5.75 Å². The van der Waals surface area contributed by atoms with Gasteiger partial charge in [0, 0.05) is 19.5 Å². The number of rotatable bonds is 9. The second kappa shape index (κ2) is 9.05. The first-order valence-electron chi connectivity index (χ1n) is 8.45. The van der Waals surface area contributed by atoms with Crippen molar-refractivity contribution in [1.82, 2.24) is 19.7 Å². The summed E-state index contributed by atoms with van der Waals surface area (Å²) in [5.74, 6) is 1.01. The molecule has 1 amide bonds. The fraction of sp³-hybridized carbons (Fsp3) is 0.500. The number of nitrogens with zero attached hydrogens (tertiary/aromatic N) is 4. The minimum atomic E-state index is 0.0970. The smallest absolute Gasteiger partial charge is 0.223 e. The van der Waals surface area contributed by atoms with E-state index in [9.17, 15) is 4.79 Å². The first-order chi connectivity index (χ1) is 11.7. The van der Waals surface area contributed by atoms with Gasteiger partial charge in [0.2, 0.25) is 5.91 Å². The standard InChI is InChI=1S/C18H26N4O2/c1-4-17(15-8-10-16(24-3)11-9-15)22(5-2)18(23)7-6-12-21-14-19-13-20-21/h8-11,13-14,17H,4-7,12H2,1-3H3/t17-/m1/s1. The van der Waals surface area contributed by atoms with Crippen LogP contribution in [0.2, 0.25) is 0 Å². The maximum absolute atomic E-state index is 12.7. The predicted molar refractivity (Wildman–Crippen MR) is 92.7 cm³/mol. The molecule has 0 saturated heterocycles. The zero-order chi connectivity index (χ0) is 17.4. The summed E-state index contributed by atoms with van der Waals surface area (Å²) >= 11 is 0. The third kappa shape index (κ3) is 4.57. The van der Waals surface area contributed by atoms with Gasteiger partial charge in [0.25, 0.3) is 0 Å². The number of hydrogen-bond donors (Lipinski definition) is 0. The van der Waals surface area contributed by atoms with Gasteiger partial charge >= 0.3 is 0 Å². The van der Waals surface area contributed by atoms with E-state index in [1.54, 1.807) is 18.1 Å². The van der Waals surface area contributed by atoms with E-state index in [1.807, 2.05) is 36.1 Å². The van der Waals surface area contributed by atoms with E-state index in [1.165, 1.54) is 6.33 Å². The molecule has 24 heavy (non-hydrogen) atoms. The van der Waals surface area contributed by atoms with Gasteiger partial charge in [-0.2, -0.15) is 5.10 Å². The Labute approximate surface area is 143 Å². The SMILES string of the molecule is CC[C@H](c1ccc(OC)cc1)N(CC)C(=O)CCCn1cncn1. The van der Waals surface area contributed by atoms with Gasteiger partial charge in [-0.3, -0.25) is 9.48 Å². The Bertz CT molecular complexity index is 610. The molecule has 0 bridgehead atoms.